The molecule has 4 amide bonds. The molecule has 1 aliphatic rings. The molecule has 744 valence electrons. The number of rotatable bonds is 44. The van der Waals surface area contributed by atoms with Crippen molar-refractivity contribution in [1.82, 2.24) is 18.9 Å². The number of benzene rings is 12. The van der Waals surface area contributed by atoms with Crippen molar-refractivity contribution in [1.29, 1.82) is 0 Å². The van der Waals surface area contributed by atoms with Crippen LogP contribution >= 0.6 is 0 Å². The normalized spacial score (nSPS) is 13.3. The van der Waals surface area contributed by atoms with E-state index in [1.54, 1.807) is 121 Å². The number of ether oxygens (including phenoxy) is 8. The minimum atomic E-state index is -4.49. The fourth-order valence-electron chi connectivity index (χ4n) is 17.3. The Morgan fingerprint density at radius 2 is 0.436 bits per heavy atom. The summed E-state index contributed by atoms with van der Waals surface area (Å²) in [6.45, 7) is 14.0. The number of amides is 4. The maximum atomic E-state index is 15.4. The fraction of sp³-hybridized carbons (Fsp3) is 0.346. The van der Waals surface area contributed by atoms with Gasteiger partial charge in [-0.25, -0.2) is 33.7 Å². The molecule has 12 aromatic carbocycles. The van der Waals surface area contributed by atoms with Crippen molar-refractivity contribution in [3.63, 3.8) is 0 Å². The van der Waals surface area contributed by atoms with Gasteiger partial charge in [-0.1, -0.05) is 97.1 Å². The van der Waals surface area contributed by atoms with Gasteiger partial charge in [-0.2, -0.15) is 18.9 Å². The molecule has 8 N–H and O–H groups in total. The summed E-state index contributed by atoms with van der Waals surface area (Å²) >= 11 is 0. The zero-order valence-electron chi connectivity index (χ0n) is 81.7. The van der Waals surface area contributed by atoms with E-state index < -0.39 is 87.9 Å². The number of fused-ring (bicyclic) bond motifs is 12. The van der Waals surface area contributed by atoms with Crippen LogP contribution in [0.4, 0.5) is 45.5 Å². The van der Waals surface area contributed by atoms with Crippen molar-refractivity contribution < 1.29 is 90.7 Å². The molecule has 140 heavy (non-hydrogen) atoms. The Kier molecular flexibility index (Phi) is 34.6. The Bertz CT molecular complexity index is 6160. The van der Waals surface area contributed by atoms with Crippen molar-refractivity contribution in [3.05, 3.63) is 239 Å². The lowest BCUT2D eigenvalue weighted by molar-refractivity contribution is -0.118. The number of sulfonamides is 4. The molecule has 12 aromatic rings. The number of anilines is 8. The summed E-state index contributed by atoms with van der Waals surface area (Å²) in [5.41, 5.74) is 6.17. The van der Waals surface area contributed by atoms with E-state index in [1.807, 2.05) is 152 Å². The maximum Gasteiger partial charge on any atom is 0.242 e. The third kappa shape index (κ3) is 24.9. The Labute approximate surface area is 819 Å². The summed E-state index contributed by atoms with van der Waals surface area (Å²) in [7, 11) is -3.18. The second-order valence-corrected chi connectivity index (χ2v) is 41.5. The van der Waals surface area contributed by atoms with Crippen molar-refractivity contribution in [2.45, 2.75) is 125 Å². The molecule has 4 unspecified atom stereocenters. The van der Waals surface area contributed by atoms with Gasteiger partial charge in [-0.3, -0.25) is 19.2 Å². The lowest BCUT2D eigenvalue weighted by Crippen LogP contribution is -2.41. The van der Waals surface area contributed by atoms with Crippen molar-refractivity contribution in [2.75, 3.05) is 177 Å². The van der Waals surface area contributed by atoms with Crippen LogP contribution in [0, 0.1) is 0 Å². The highest BCUT2D eigenvalue weighted by Gasteiger charge is 2.34. The van der Waals surface area contributed by atoms with E-state index >= 15 is 19.2 Å². The van der Waals surface area contributed by atoms with E-state index in [2.05, 4.69) is 40.2 Å². The van der Waals surface area contributed by atoms with Gasteiger partial charge >= 0.3 is 0 Å². The van der Waals surface area contributed by atoms with Crippen LogP contribution in [0.15, 0.2) is 214 Å². The molecule has 0 radical (unpaired) electrons. The van der Waals surface area contributed by atoms with E-state index in [0.717, 1.165) is 22.7 Å². The molecule has 13 rings (SSSR count). The topological polar surface area (TPSA) is 388 Å². The van der Waals surface area contributed by atoms with Gasteiger partial charge in [-0.05, 0) is 152 Å². The molecule has 1 aliphatic carbocycles. The first-order valence-corrected chi connectivity index (χ1v) is 52.3. The second-order valence-electron chi connectivity index (χ2n) is 34.8. The quantitative estimate of drug-likeness (QED) is 0.0164. The SMILES string of the molecule is CCOCCOc1c2cc(NC(=O)C(C)NS(=O)(=O)c3cccc4c(N(C)C)cccc34)cc1Cc1cc(NC(=O)C(C)NS(=O)(=O)c3cccc4c(N(C)C)cccc34)cc(c1OCCOCC)Cc1cc(NC(=O)C(C)NS(=O)(=O)c3cccc4c(N(C)C)cccc34)cc(c1OCCOCC)Cc1cc(NC(=O)C(C)NS(=O)(=O)c3cccc4c(N(C)C)cccc34)cc(c1OCCOCC)C2. The Morgan fingerprint density at radius 3 is 0.607 bits per heavy atom. The second kappa shape index (κ2) is 46.2. The zero-order chi connectivity index (χ0) is 101. The van der Waals surface area contributed by atoms with E-state index in [4.69, 9.17) is 37.9 Å². The number of carbonyl (C=O) groups is 4. The Hall–Kier alpha value is -12.6. The summed E-state index contributed by atoms with van der Waals surface area (Å²) in [5.74, 6) is -2.34. The van der Waals surface area contributed by atoms with E-state index in [-0.39, 0.29) is 144 Å². The molecular weight excluding hydrogens is 1870 g/mol. The van der Waals surface area contributed by atoms with Crippen LogP contribution in [-0.4, -0.2) is 217 Å². The van der Waals surface area contributed by atoms with Gasteiger partial charge in [0.05, 0.1) is 70.2 Å². The fourth-order valence-corrected chi connectivity index (χ4v) is 23.0. The number of nitrogens with one attached hydrogen (secondary N) is 8. The monoisotopic (exact) mass is 1990 g/mol. The summed E-state index contributed by atoms with van der Waals surface area (Å²) in [6, 6.07) is 48.3. The molecule has 32 nitrogen and oxygen atoms in total. The van der Waals surface area contributed by atoms with Crippen molar-refractivity contribution >= 4 is 152 Å². The third-order valence-corrected chi connectivity index (χ3v) is 30.1. The average molecular weight is 1990 g/mol. The molecule has 0 heterocycles. The van der Waals surface area contributed by atoms with Gasteiger partial charge in [0.1, 0.15) is 49.4 Å². The number of hydrogen-bond acceptors (Lipinski definition) is 24. The van der Waals surface area contributed by atoms with Crippen LogP contribution in [0.1, 0.15) is 99.9 Å². The zero-order valence-corrected chi connectivity index (χ0v) is 85.0. The highest BCUT2D eigenvalue weighted by atomic mass is 32.2. The molecule has 4 atom stereocenters. The smallest absolute Gasteiger partial charge is 0.242 e. The first-order valence-electron chi connectivity index (χ1n) is 46.4. The summed E-state index contributed by atoms with van der Waals surface area (Å²) in [4.78, 5) is 68.7. The molecule has 36 heteroatoms. The molecule has 0 aromatic heterocycles. The van der Waals surface area contributed by atoms with Gasteiger partial charge in [0.25, 0.3) is 0 Å². The number of nitrogens with zero attached hydrogens (tertiary/aromatic N) is 4. The predicted octanol–water partition coefficient (Wildman–Crippen LogP) is 14.1. The van der Waals surface area contributed by atoms with E-state index in [0.29, 0.717) is 114 Å². The molecule has 0 saturated carbocycles. The van der Waals surface area contributed by atoms with E-state index in [1.165, 1.54) is 52.0 Å². The molecule has 8 bridgehead atoms. The van der Waals surface area contributed by atoms with Gasteiger partial charge in [0.2, 0.25) is 63.7 Å². The van der Waals surface area contributed by atoms with Gasteiger partial charge < -0.3 is 78.8 Å². The third-order valence-electron chi connectivity index (χ3n) is 23.7. The summed E-state index contributed by atoms with van der Waals surface area (Å²) in [5, 5.41) is 16.4. The van der Waals surface area contributed by atoms with Crippen LogP contribution in [-0.2, 0) is 104 Å². The van der Waals surface area contributed by atoms with Crippen molar-refractivity contribution in [2.24, 2.45) is 0 Å². The predicted molar refractivity (Wildman–Crippen MR) is 552 cm³/mol. The van der Waals surface area contributed by atoms with Gasteiger partial charge in [-0.15, -0.1) is 0 Å². The Balaban J connectivity index is 1.03. The van der Waals surface area contributed by atoms with Crippen LogP contribution in [0.5, 0.6) is 23.0 Å². The Morgan fingerprint density at radius 1 is 0.264 bits per heavy atom. The standard InChI is InChI=1S/C104H124N12O20S4/c1-17-129-45-49-133-97-69-53-71-59-78(106-102(118)66(6)110-138(123,124)94-42-26-30-82-86(94)34-22-38-90(82)114(11)12)61-73(98(71)134-50-46-130-18-2)55-75-63-80(108-104(120)68(8)112-140(127,128)96-44-28-32-84-88(96)36-24-40-92(84)116(15)16)64-76(100(75)136-52-48-132-20-4)56-74-62-79(107-103(119)67(7)111-139(125,126)95-43-27-31-83-87(95)35-23-39-91(83)115(13)14)60-72(99(74)135-51-47-131-19-3)54-70(97)58-77(57-69)105-101(117)65(5)109-137(121,122)93-41-25-29-81-85(93)33-21-37-89(81)113(9)10/h21-44,57-68,109-112H,17-20,45-56H2,1-16H3,(H,105,117)(H,106,118)(H,107,119)(H,108,120). The van der Waals surface area contributed by atoms with Gasteiger partial charge in [0.15, 0.2) is 0 Å². The minimum absolute atomic E-state index is 0.0551. The average Bonchev–Trinajstić information content (AvgIpc) is 0.776. The van der Waals surface area contributed by atoms with Crippen molar-refractivity contribution in [3.8, 4) is 23.0 Å². The minimum Gasteiger partial charge on any atom is -0.491 e. The largest absolute Gasteiger partial charge is 0.491 e. The van der Waals surface area contributed by atoms with Crippen LogP contribution in [0.2, 0.25) is 0 Å². The van der Waals surface area contributed by atoms with Gasteiger partial charge in [0, 0.05) is 242 Å². The summed E-state index contributed by atoms with van der Waals surface area (Å²) < 4.78 is 182. The molecular formula is C104H124N12O20S4. The highest BCUT2D eigenvalue weighted by molar-refractivity contribution is 7.90. The highest BCUT2D eigenvalue weighted by Crippen LogP contribution is 2.45. The molecule has 0 aliphatic heterocycles. The number of carbonyl (C=O) groups excluding carboxylic acids is 4. The molecule has 0 saturated heterocycles. The van der Waals surface area contributed by atoms with E-state index in [9.17, 15) is 33.7 Å². The first kappa shape index (κ1) is 105. The lowest BCUT2D eigenvalue weighted by atomic mass is 9.90. The molecule has 0 spiro atoms. The van der Waals surface area contributed by atoms with Crippen LogP contribution in [0.25, 0.3) is 43.1 Å². The van der Waals surface area contributed by atoms with Crippen LogP contribution < -0.4 is 78.7 Å². The maximum absolute atomic E-state index is 15.4. The number of hydrogen-bond donors (Lipinski definition) is 8. The summed E-state index contributed by atoms with van der Waals surface area (Å²) in [6.07, 6.45) is -0.878. The first-order chi connectivity index (χ1) is 66.8. The molecule has 0 fully saturated rings. The lowest BCUT2D eigenvalue weighted by Gasteiger charge is -2.25. The van der Waals surface area contributed by atoms with Crippen LogP contribution in [0.3, 0.4) is 0 Å².